The van der Waals surface area contributed by atoms with E-state index in [0.29, 0.717) is 24.4 Å². The molecule has 0 spiro atoms. The number of benzene rings is 1. The molecule has 0 saturated carbocycles. The van der Waals surface area contributed by atoms with Crippen molar-refractivity contribution in [3.8, 4) is 0 Å². The van der Waals surface area contributed by atoms with Crippen LogP contribution in [-0.4, -0.2) is 25.5 Å². The van der Waals surface area contributed by atoms with E-state index in [4.69, 9.17) is 10.1 Å². The fourth-order valence-electron chi connectivity index (χ4n) is 1.79. The number of para-hydroxylation sites is 1. The highest BCUT2D eigenvalue weighted by Crippen LogP contribution is 2.20. The molecule has 1 aromatic carbocycles. The summed E-state index contributed by atoms with van der Waals surface area (Å²) in [5, 5.41) is 7.90. The van der Waals surface area contributed by atoms with Gasteiger partial charge in [0, 0.05) is 12.1 Å². The average Bonchev–Trinajstić information content (AvgIpc) is 2.39. The van der Waals surface area contributed by atoms with Gasteiger partial charge in [0.25, 0.3) is 0 Å². The first kappa shape index (κ1) is 11.4. The van der Waals surface area contributed by atoms with Crippen molar-refractivity contribution >= 4 is 17.5 Å². The first-order valence-corrected chi connectivity index (χ1v) is 5.39. The summed E-state index contributed by atoms with van der Waals surface area (Å²) in [5.41, 5.74) is 1.53. The Bertz CT molecular complexity index is 466. The van der Waals surface area contributed by atoms with Crippen molar-refractivity contribution in [3.05, 3.63) is 42.0 Å². The minimum absolute atomic E-state index is 0.321. The molecule has 0 aliphatic carbocycles. The number of anilines is 1. The fraction of sp³-hybridized carbons (Fsp3) is 0.231. The zero-order valence-corrected chi connectivity index (χ0v) is 9.64. The number of nitrogens with zero attached hydrogens (tertiary/aromatic N) is 1. The van der Waals surface area contributed by atoms with E-state index >= 15 is 0 Å². The number of rotatable bonds is 2. The first-order valence-electron chi connectivity index (χ1n) is 5.39. The van der Waals surface area contributed by atoms with Gasteiger partial charge in [-0.05, 0) is 12.1 Å². The monoisotopic (exact) mass is 230 g/mol. The van der Waals surface area contributed by atoms with Gasteiger partial charge in [-0.2, -0.15) is 0 Å². The third-order valence-corrected chi connectivity index (χ3v) is 2.71. The highest BCUT2D eigenvalue weighted by molar-refractivity contribution is 6.02. The number of carbonyl (C=O) groups is 1. The molecule has 0 atom stereocenters. The number of hydrogen-bond acceptors (Lipinski definition) is 3. The van der Waals surface area contributed by atoms with Crippen LogP contribution in [0.25, 0.3) is 0 Å². The Labute approximate surface area is 100 Å². The Morgan fingerprint density at radius 2 is 2.06 bits per heavy atom. The largest absolute Gasteiger partial charge is 0.466 e. The lowest BCUT2D eigenvalue weighted by Gasteiger charge is -2.28. The molecule has 0 saturated heterocycles. The van der Waals surface area contributed by atoms with Crippen molar-refractivity contribution in [2.24, 2.45) is 0 Å². The number of methoxy groups -OCH3 is 1. The second-order valence-corrected chi connectivity index (χ2v) is 3.79. The smallest absolute Gasteiger partial charge is 0.335 e. The molecule has 2 rings (SSSR count). The standard InChI is InChI=1S/C13H14N2O2/c1-17-13(16)10-7-8-12(14)15(9-10)11-5-3-2-4-6-11/h2-7,14H,8-9H2,1H3. The maximum Gasteiger partial charge on any atom is 0.335 e. The zero-order chi connectivity index (χ0) is 12.3. The predicted octanol–water partition coefficient (Wildman–Crippen LogP) is 1.97. The van der Waals surface area contributed by atoms with Gasteiger partial charge in [-0.3, -0.25) is 5.41 Å². The molecule has 88 valence electrons. The van der Waals surface area contributed by atoms with Gasteiger partial charge < -0.3 is 9.64 Å². The van der Waals surface area contributed by atoms with E-state index in [9.17, 15) is 4.79 Å². The number of ether oxygens (including phenoxy) is 1. The Hall–Kier alpha value is -2.10. The predicted molar refractivity (Wildman–Crippen MR) is 66.2 cm³/mol. The van der Waals surface area contributed by atoms with Crippen molar-refractivity contribution in [2.75, 3.05) is 18.6 Å². The third-order valence-electron chi connectivity index (χ3n) is 2.71. The molecule has 17 heavy (non-hydrogen) atoms. The molecule has 1 heterocycles. The minimum atomic E-state index is -0.321. The van der Waals surface area contributed by atoms with Gasteiger partial charge in [-0.15, -0.1) is 0 Å². The van der Waals surface area contributed by atoms with Gasteiger partial charge in [0.05, 0.1) is 19.2 Å². The highest BCUT2D eigenvalue weighted by Gasteiger charge is 2.22. The molecule has 0 unspecified atom stereocenters. The maximum absolute atomic E-state index is 11.5. The van der Waals surface area contributed by atoms with Crippen LogP contribution < -0.4 is 4.90 Å². The van der Waals surface area contributed by atoms with Crippen LogP contribution in [0.15, 0.2) is 42.0 Å². The first-order chi connectivity index (χ1) is 8.22. The van der Waals surface area contributed by atoms with E-state index in [-0.39, 0.29) is 5.97 Å². The number of carbonyl (C=O) groups excluding carboxylic acids is 1. The minimum Gasteiger partial charge on any atom is -0.466 e. The summed E-state index contributed by atoms with van der Waals surface area (Å²) in [6, 6.07) is 9.61. The Morgan fingerprint density at radius 3 is 2.71 bits per heavy atom. The van der Waals surface area contributed by atoms with Crippen molar-refractivity contribution in [1.82, 2.24) is 0 Å². The van der Waals surface area contributed by atoms with Gasteiger partial charge in [-0.25, -0.2) is 4.79 Å². The highest BCUT2D eigenvalue weighted by atomic mass is 16.5. The topological polar surface area (TPSA) is 53.4 Å². The fourth-order valence-corrected chi connectivity index (χ4v) is 1.79. The van der Waals surface area contributed by atoms with Gasteiger partial charge in [-0.1, -0.05) is 24.3 Å². The van der Waals surface area contributed by atoms with Crippen LogP contribution in [0.1, 0.15) is 6.42 Å². The van der Waals surface area contributed by atoms with Crippen LogP contribution in [0, 0.1) is 5.41 Å². The molecule has 1 aliphatic rings. The molecule has 0 amide bonds. The summed E-state index contributed by atoms with van der Waals surface area (Å²) in [5.74, 6) is 0.169. The van der Waals surface area contributed by atoms with E-state index < -0.39 is 0 Å². The lowest BCUT2D eigenvalue weighted by molar-refractivity contribution is -0.136. The van der Waals surface area contributed by atoms with Crippen LogP contribution in [0.3, 0.4) is 0 Å². The normalized spacial score (nSPS) is 15.5. The molecule has 1 aliphatic heterocycles. The third kappa shape index (κ3) is 2.36. The van der Waals surface area contributed by atoms with Crippen LogP contribution in [0.5, 0.6) is 0 Å². The summed E-state index contributed by atoms with van der Waals surface area (Å²) in [7, 11) is 1.37. The maximum atomic E-state index is 11.5. The van der Waals surface area contributed by atoms with E-state index in [1.54, 1.807) is 6.08 Å². The molecule has 0 bridgehead atoms. The van der Waals surface area contributed by atoms with Crippen LogP contribution >= 0.6 is 0 Å². The molecular weight excluding hydrogens is 216 g/mol. The quantitative estimate of drug-likeness (QED) is 0.790. The van der Waals surface area contributed by atoms with Crippen molar-refractivity contribution in [1.29, 1.82) is 5.41 Å². The SMILES string of the molecule is COC(=O)C1=CCC(=N)N(c2ccccc2)C1. The van der Waals surface area contributed by atoms with Crippen LogP contribution in [0.4, 0.5) is 5.69 Å². The van der Waals surface area contributed by atoms with Gasteiger partial charge in [0.15, 0.2) is 0 Å². The molecule has 4 nitrogen and oxygen atoms in total. The van der Waals surface area contributed by atoms with E-state index in [1.807, 2.05) is 35.2 Å². The summed E-state index contributed by atoms with van der Waals surface area (Å²) in [4.78, 5) is 13.3. The second-order valence-electron chi connectivity index (χ2n) is 3.79. The van der Waals surface area contributed by atoms with Crippen LogP contribution in [0.2, 0.25) is 0 Å². The molecule has 0 radical (unpaired) electrons. The number of amidine groups is 1. The lowest BCUT2D eigenvalue weighted by atomic mass is 10.1. The Balaban J connectivity index is 2.23. The second kappa shape index (κ2) is 4.82. The summed E-state index contributed by atoms with van der Waals surface area (Å²) in [6.45, 7) is 0.398. The van der Waals surface area contributed by atoms with Gasteiger partial charge in [0.2, 0.25) is 0 Å². The molecule has 1 N–H and O–H groups in total. The average molecular weight is 230 g/mol. The van der Waals surface area contributed by atoms with E-state index in [1.165, 1.54) is 7.11 Å². The molecular formula is C13H14N2O2. The van der Waals surface area contributed by atoms with Gasteiger partial charge in [0.1, 0.15) is 5.84 Å². The van der Waals surface area contributed by atoms with Crippen molar-refractivity contribution in [3.63, 3.8) is 0 Å². The van der Waals surface area contributed by atoms with Crippen molar-refractivity contribution < 1.29 is 9.53 Å². The van der Waals surface area contributed by atoms with Crippen molar-refractivity contribution in [2.45, 2.75) is 6.42 Å². The number of hydrogen-bond donors (Lipinski definition) is 1. The summed E-state index contributed by atoms with van der Waals surface area (Å²) >= 11 is 0. The summed E-state index contributed by atoms with van der Waals surface area (Å²) < 4.78 is 4.70. The number of esters is 1. The summed E-state index contributed by atoms with van der Waals surface area (Å²) in [6.07, 6.45) is 2.22. The molecule has 0 aromatic heterocycles. The van der Waals surface area contributed by atoms with E-state index in [2.05, 4.69) is 0 Å². The lowest BCUT2D eigenvalue weighted by Crippen LogP contribution is -2.36. The van der Waals surface area contributed by atoms with E-state index in [0.717, 1.165) is 5.69 Å². The number of nitrogens with one attached hydrogen (secondary N) is 1. The molecule has 0 fully saturated rings. The van der Waals surface area contributed by atoms with Crippen LogP contribution in [-0.2, 0) is 9.53 Å². The molecule has 4 heteroatoms. The molecule has 1 aromatic rings. The Morgan fingerprint density at radius 1 is 1.35 bits per heavy atom. The van der Waals surface area contributed by atoms with Gasteiger partial charge >= 0.3 is 5.97 Å². The zero-order valence-electron chi connectivity index (χ0n) is 9.64. The Kier molecular flexibility index (Phi) is 3.23.